The minimum atomic E-state index is -5.73. The Balaban J connectivity index is 2.29. The second-order valence-electron chi connectivity index (χ2n) is 4.53. The van der Waals surface area contributed by atoms with Gasteiger partial charge in [0.1, 0.15) is 5.84 Å². The molecule has 0 bridgehead atoms. The van der Waals surface area contributed by atoms with Crippen molar-refractivity contribution < 1.29 is 31.2 Å². The van der Waals surface area contributed by atoms with Crippen LogP contribution in [0.2, 0.25) is 0 Å². The van der Waals surface area contributed by atoms with Gasteiger partial charge in [0.15, 0.2) is 0 Å². The van der Waals surface area contributed by atoms with Gasteiger partial charge in [-0.15, -0.1) is 0 Å². The molecule has 1 heterocycles. The molecule has 1 aliphatic carbocycles. The van der Waals surface area contributed by atoms with E-state index in [0.717, 1.165) is 5.57 Å². The molecular formula is C11H11F6N3O. The number of amidine groups is 1. The van der Waals surface area contributed by atoms with Gasteiger partial charge in [0.25, 0.3) is 0 Å². The second-order valence-corrected chi connectivity index (χ2v) is 4.53. The molecule has 0 spiro atoms. The van der Waals surface area contributed by atoms with Gasteiger partial charge in [0.05, 0.1) is 0 Å². The lowest BCUT2D eigenvalue weighted by atomic mass is 9.95. The summed E-state index contributed by atoms with van der Waals surface area (Å²) >= 11 is 0. The fourth-order valence-corrected chi connectivity index (χ4v) is 1.92. The maximum Gasteiger partial charge on any atom is 0.450 e. The third-order valence-electron chi connectivity index (χ3n) is 3.11. The minimum Gasteiger partial charge on any atom is -0.327 e. The van der Waals surface area contributed by atoms with E-state index in [1.165, 1.54) is 12.2 Å². The molecule has 0 saturated carbocycles. The van der Waals surface area contributed by atoms with Crippen molar-refractivity contribution in [1.82, 2.24) is 5.48 Å². The van der Waals surface area contributed by atoms with Gasteiger partial charge in [0.2, 0.25) is 0 Å². The molecule has 0 fully saturated rings. The fourth-order valence-electron chi connectivity index (χ4n) is 1.92. The van der Waals surface area contributed by atoms with Gasteiger partial charge in [-0.1, -0.05) is 18.2 Å². The van der Waals surface area contributed by atoms with Gasteiger partial charge in [-0.25, -0.2) is 15.3 Å². The van der Waals surface area contributed by atoms with E-state index < -0.39 is 29.8 Å². The van der Waals surface area contributed by atoms with Gasteiger partial charge in [0, 0.05) is 12.5 Å². The number of hydroxylamine groups is 1. The average Bonchev–Trinajstić information content (AvgIpc) is 2.84. The molecule has 4 nitrogen and oxygen atoms in total. The van der Waals surface area contributed by atoms with Crippen LogP contribution in [0.1, 0.15) is 6.42 Å². The summed E-state index contributed by atoms with van der Waals surface area (Å²) in [6.07, 6.45) is -6.69. The predicted molar refractivity (Wildman–Crippen MR) is 60.9 cm³/mol. The molecule has 118 valence electrons. The zero-order valence-electron chi connectivity index (χ0n) is 10.4. The Hall–Kier alpha value is -1.55. The Labute approximate surface area is 115 Å². The topological polar surface area (TPSA) is 59.6 Å². The third-order valence-corrected chi connectivity index (χ3v) is 3.11. The molecule has 10 heteroatoms. The summed E-state index contributed by atoms with van der Waals surface area (Å²) in [4.78, 5) is 6.56. The largest absolute Gasteiger partial charge is 0.450 e. The van der Waals surface area contributed by atoms with Crippen molar-refractivity contribution in [2.75, 3.05) is 6.54 Å². The Kier molecular flexibility index (Phi) is 3.79. The Morgan fingerprint density at radius 2 is 1.90 bits per heavy atom. The predicted octanol–water partition coefficient (Wildman–Crippen LogP) is 2.20. The molecule has 0 aromatic carbocycles. The van der Waals surface area contributed by atoms with Gasteiger partial charge in [-0.3, -0.25) is 0 Å². The standard InChI is InChI=1S/C11H11F6N3O/c12-10(13,14)9(11(15,16)17)19-8(20-21-9)7-3-1-6(5-18)2-4-7/h1-3,7H,4-5,18H2,(H,19,20). The van der Waals surface area contributed by atoms with Crippen LogP contribution in [0.3, 0.4) is 0 Å². The molecule has 3 N–H and O–H groups in total. The summed E-state index contributed by atoms with van der Waals surface area (Å²) in [6, 6.07) is 0. The van der Waals surface area contributed by atoms with Gasteiger partial charge < -0.3 is 5.73 Å². The van der Waals surface area contributed by atoms with Crippen molar-refractivity contribution in [3.8, 4) is 0 Å². The van der Waals surface area contributed by atoms with Gasteiger partial charge in [-0.05, 0) is 12.0 Å². The van der Waals surface area contributed by atoms with Crippen molar-refractivity contribution in [2.24, 2.45) is 16.6 Å². The first kappa shape index (κ1) is 15.8. The minimum absolute atomic E-state index is 0.185. The zero-order valence-corrected chi connectivity index (χ0v) is 10.4. The van der Waals surface area contributed by atoms with Crippen molar-refractivity contribution in [3.63, 3.8) is 0 Å². The number of nitrogens with two attached hydrogens (primary N) is 1. The number of allylic oxidation sites excluding steroid dienone is 1. The number of halogens is 6. The first-order chi connectivity index (χ1) is 9.61. The van der Waals surface area contributed by atoms with Crippen molar-refractivity contribution in [3.05, 3.63) is 23.8 Å². The number of hydrogen-bond acceptors (Lipinski definition) is 4. The van der Waals surface area contributed by atoms with E-state index in [1.54, 1.807) is 11.6 Å². The first-order valence-electron chi connectivity index (χ1n) is 5.85. The fraction of sp³-hybridized carbons (Fsp3) is 0.545. The maximum atomic E-state index is 12.7. The summed E-state index contributed by atoms with van der Waals surface area (Å²) in [5.74, 6) is -1.28. The number of nitrogens with zero attached hydrogens (tertiary/aromatic N) is 1. The number of hydrogen-bond donors (Lipinski definition) is 2. The zero-order chi connectivity index (χ0) is 15.9. The smallest absolute Gasteiger partial charge is 0.327 e. The normalized spacial score (nSPS) is 25.4. The van der Waals surface area contributed by atoms with Crippen LogP contribution in [-0.2, 0) is 4.84 Å². The molecular weight excluding hydrogens is 304 g/mol. The highest BCUT2D eigenvalue weighted by Crippen LogP contribution is 2.48. The molecule has 2 rings (SSSR count). The van der Waals surface area contributed by atoms with Gasteiger partial charge >= 0.3 is 18.1 Å². The summed E-state index contributed by atoms with van der Waals surface area (Å²) in [5, 5.41) is 0. The van der Waals surface area contributed by atoms with Gasteiger partial charge in [-0.2, -0.15) is 26.3 Å². The molecule has 0 amide bonds. The van der Waals surface area contributed by atoms with Crippen molar-refractivity contribution in [1.29, 1.82) is 0 Å². The summed E-state index contributed by atoms with van der Waals surface area (Å²) in [7, 11) is 0. The summed E-state index contributed by atoms with van der Waals surface area (Å²) < 4.78 is 76.4. The Morgan fingerprint density at radius 1 is 1.29 bits per heavy atom. The molecule has 0 saturated heterocycles. The lowest BCUT2D eigenvalue weighted by Crippen LogP contribution is -2.56. The summed E-state index contributed by atoms with van der Waals surface area (Å²) in [5.41, 5.74) is 3.20. The highest BCUT2D eigenvalue weighted by Gasteiger charge is 2.76. The van der Waals surface area contributed by atoms with Crippen LogP contribution in [-0.4, -0.2) is 30.5 Å². The van der Waals surface area contributed by atoms with Crippen LogP contribution < -0.4 is 11.2 Å². The first-order valence-corrected chi connectivity index (χ1v) is 5.85. The molecule has 0 radical (unpaired) electrons. The van der Waals surface area contributed by atoms with Crippen molar-refractivity contribution >= 4 is 5.84 Å². The third kappa shape index (κ3) is 2.64. The average molecular weight is 315 g/mol. The number of nitrogens with one attached hydrogen (secondary N) is 1. The van der Waals surface area contributed by atoms with E-state index in [1.807, 2.05) is 0 Å². The van der Waals surface area contributed by atoms with Crippen LogP contribution in [0.25, 0.3) is 0 Å². The van der Waals surface area contributed by atoms with E-state index in [0.29, 0.717) is 0 Å². The molecule has 1 atom stereocenters. The maximum absolute atomic E-state index is 12.7. The van der Waals surface area contributed by atoms with E-state index in [4.69, 9.17) is 5.73 Å². The highest BCUT2D eigenvalue weighted by atomic mass is 19.4. The molecule has 1 aliphatic heterocycles. The van der Waals surface area contributed by atoms with Crippen LogP contribution >= 0.6 is 0 Å². The lowest BCUT2D eigenvalue weighted by Gasteiger charge is -2.28. The van der Waals surface area contributed by atoms with Crippen LogP contribution in [0.5, 0.6) is 0 Å². The van der Waals surface area contributed by atoms with E-state index >= 15 is 0 Å². The molecule has 2 aliphatic rings. The number of aliphatic imine (C=N–C) groups is 1. The quantitative estimate of drug-likeness (QED) is 0.768. The monoisotopic (exact) mass is 315 g/mol. The highest BCUT2D eigenvalue weighted by molar-refractivity contribution is 5.87. The lowest BCUT2D eigenvalue weighted by molar-refractivity contribution is -0.379. The molecule has 0 aromatic heterocycles. The van der Waals surface area contributed by atoms with E-state index in [2.05, 4.69) is 9.83 Å². The number of alkyl halides is 6. The van der Waals surface area contributed by atoms with Crippen LogP contribution in [0.15, 0.2) is 28.8 Å². The molecule has 1 unspecified atom stereocenters. The Morgan fingerprint density at radius 3 is 2.29 bits per heavy atom. The number of rotatable bonds is 2. The molecule has 21 heavy (non-hydrogen) atoms. The SMILES string of the molecule is NCC1=CCC(C2=NC(C(F)(F)F)(C(F)(F)F)ON2)C=C1. The molecule has 0 aromatic rings. The van der Waals surface area contributed by atoms with E-state index in [9.17, 15) is 26.3 Å². The Bertz CT molecular complexity index is 491. The van der Waals surface area contributed by atoms with E-state index in [-0.39, 0.29) is 13.0 Å². The summed E-state index contributed by atoms with van der Waals surface area (Å²) in [6.45, 7) is 0.231. The second kappa shape index (κ2) is 5.02. The van der Waals surface area contributed by atoms with Crippen molar-refractivity contribution in [2.45, 2.75) is 24.5 Å². The van der Waals surface area contributed by atoms with Crippen LogP contribution in [0.4, 0.5) is 26.3 Å². The van der Waals surface area contributed by atoms with Crippen LogP contribution in [0, 0.1) is 5.92 Å².